The quantitative estimate of drug-likeness (QED) is 0.712. The predicted octanol–water partition coefficient (Wildman–Crippen LogP) is 0.698. The number of carboxylic acid groups (broad SMARTS) is 1. The van der Waals surface area contributed by atoms with Gasteiger partial charge in [0.1, 0.15) is 5.41 Å². The second-order valence-corrected chi connectivity index (χ2v) is 5.00. The van der Waals surface area contributed by atoms with E-state index in [1.807, 2.05) is 6.92 Å². The second kappa shape index (κ2) is 5.49. The third kappa shape index (κ3) is 2.97. The molecule has 1 saturated heterocycles. The van der Waals surface area contributed by atoms with E-state index in [9.17, 15) is 9.59 Å². The molecule has 5 nitrogen and oxygen atoms in total. The summed E-state index contributed by atoms with van der Waals surface area (Å²) in [6.45, 7) is 7.20. The Morgan fingerprint density at radius 1 is 1.35 bits per heavy atom. The Bertz CT molecular complexity index is 296. The molecule has 0 aromatic heterocycles. The maximum Gasteiger partial charge on any atom is 0.318 e. The lowest BCUT2D eigenvalue weighted by Crippen LogP contribution is -2.52. The first-order valence-corrected chi connectivity index (χ1v) is 6.16. The van der Waals surface area contributed by atoms with Gasteiger partial charge in [0.25, 0.3) is 0 Å². The predicted molar refractivity (Wildman–Crippen MR) is 64.7 cm³/mol. The van der Waals surface area contributed by atoms with Crippen LogP contribution in [0.2, 0.25) is 0 Å². The fourth-order valence-electron chi connectivity index (χ4n) is 2.14. The minimum atomic E-state index is -1.33. The average Bonchev–Trinajstić information content (AvgIpc) is 2.31. The molecular weight excluding hydrogens is 220 g/mol. The highest BCUT2D eigenvalue weighted by atomic mass is 16.4. The van der Waals surface area contributed by atoms with Gasteiger partial charge < -0.3 is 15.3 Å². The van der Waals surface area contributed by atoms with Gasteiger partial charge >= 0.3 is 5.97 Å². The third-order valence-corrected chi connectivity index (χ3v) is 3.42. The molecule has 0 radical (unpaired) electrons. The number of hydrogen-bond donors (Lipinski definition) is 2. The smallest absolute Gasteiger partial charge is 0.318 e. The van der Waals surface area contributed by atoms with Crippen molar-refractivity contribution in [3.8, 4) is 0 Å². The van der Waals surface area contributed by atoms with Crippen molar-refractivity contribution in [2.24, 2.45) is 5.41 Å². The van der Waals surface area contributed by atoms with Crippen molar-refractivity contribution >= 4 is 11.9 Å². The Morgan fingerprint density at radius 3 is 2.29 bits per heavy atom. The van der Waals surface area contributed by atoms with Crippen LogP contribution in [0, 0.1) is 5.41 Å². The minimum Gasteiger partial charge on any atom is -0.480 e. The van der Waals surface area contributed by atoms with Crippen LogP contribution >= 0.6 is 0 Å². The van der Waals surface area contributed by atoms with Gasteiger partial charge in [-0.25, -0.2) is 0 Å². The summed E-state index contributed by atoms with van der Waals surface area (Å²) < 4.78 is 0. The lowest BCUT2D eigenvalue weighted by Gasteiger charge is -2.37. The highest BCUT2D eigenvalue weighted by molar-refractivity contribution is 6.01. The number of carbonyl (C=O) groups excluding carboxylic acids is 1. The number of nitrogens with one attached hydrogen (secondary N) is 1. The number of nitrogens with zero attached hydrogens (tertiary/aromatic N) is 1. The molecule has 1 fully saturated rings. The molecule has 1 aliphatic heterocycles. The van der Waals surface area contributed by atoms with Crippen LogP contribution in [0.1, 0.15) is 33.6 Å². The maximum absolute atomic E-state index is 12.3. The van der Waals surface area contributed by atoms with Gasteiger partial charge in [0, 0.05) is 12.6 Å². The van der Waals surface area contributed by atoms with E-state index in [1.165, 1.54) is 13.8 Å². The molecule has 0 spiro atoms. The molecule has 1 amide bonds. The molecule has 17 heavy (non-hydrogen) atoms. The summed E-state index contributed by atoms with van der Waals surface area (Å²) in [6, 6.07) is 0.173. The molecule has 5 heteroatoms. The summed E-state index contributed by atoms with van der Waals surface area (Å²) in [5.74, 6) is -1.34. The van der Waals surface area contributed by atoms with Crippen LogP contribution in [0.3, 0.4) is 0 Å². The number of rotatable bonds is 4. The number of piperidine rings is 1. The van der Waals surface area contributed by atoms with E-state index < -0.39 is 11.4 Å². The molecular formula is C12H22N2O3. The molecule has 0 unspecified atom stereocenters. The Hall–Kier alpha value is -1.10. The molecule has 2 N–H and O–H groups in total. The Kier molecular flexibility index (Phi) is 4.51. The van der Waals surface area contributed by atoms with Gasteiger partial charge in [-0.3, -0.25) is 9.59 Å². The van der Waals surface area contributed by atoms with Crippen LogP contribution in [0.4, 0.5) is 0 Å². The molecule has 0 aromatic rings. The van der Waals surface area contributed by atoms with Crippen molar-refractivity contribution in [3.05, 3.63) is 0 Å². The van der Waals surface area contributed by atoms with Crippen molar-refractivity contribution in [1.29, 1.82) is 0 Å². The van der Waals surface area contributed by atoms with Crippen LogP contribution in [0.15, 0.2) is 0 Å². The molecule has 1 heterocycles. The monoisotopic (exact) mass is 242 g/mol. The molecule has 0 aliphatic carbocycles. The molecule has 0 atom stereocenters. The van der Waals surface area contributed by atoms with E-state index in [-0.39, 0.29) is 11.9 Å². The average molecular weight is 242 g/mol. The number of aliphatic carboxylic acids is 1. The summed E-state index contributed by atoms with van der Waals surface area (Å²) in [7, 11) is 0. The fraction of sp³-hybridized carbons (Fsp3) is 0.833. The van der Waals surface area contributed by atoms with E-state index in [0.717, 1.165) is 25.9 Å². The Labute approximate surface area is 102 Å². The molecule has 0 saturated carbocycles. The second-order valence-electron chi connectivity index (χ2n) is 5.00. The topological polar surface area (TPSA) is 69.6 Å². The highest BCUT2D eigenvalue weighted by Crippen LogP contribution is 2.23. The largest absolute Gasteiger partial charge is 0.480 e. The molecule has 1 rings (SSSR count). The first-order chi connectivity index (χ1) is 7.91. The first kappa shape index (κ1) is 14.0. The Balaban J connectivity index is 2.79. The summed E-state index contributed by atoms with van der Waals surface area (Å²) >= 11 is 0. The van der Waals surface area contributed by atoms with Crippen molar-refractivity contribution in [1.82, 2.24) is 10.2 Å². The first-order valence-electron chi connectivity index (χ1n) is 6.16. The summed E-state index contributed by atoms with van der Waals surface area (Å²) in [5.41, 5.74) is -1.33. The number of carboxylic acids is 1. The lowest BCUT2D eigenvalue weighted by molar-refractivity contribution is -0.159. The summed E-state index contributed by atoms with van der Waals surface area (Å²) in [5, 5.41) is 12.3. The van der Waals surface area contributed by atoms with Gasteiger partial charge in [0.15, 0.2) is 0 Å². The van der Waals surface area contributed by atoms with Crippen LogP contribution in [-0.2, 0) is 9.59 Å². The zero-order valence-corrected chi connectivity index (χ0v) is 10.8. The van der Waals surface area contributed by atoms with Crippen molar-refractivity contribution in [3.63, 3.8) is 0 Å². The van der Waals surface area contributed by atoms with E-state index in [2.05, 4.69) is 5.32 Å². The lowest BCUT2D eigenvalue weighted by atomic mass is 9.90. The van der Waals surface area contributed by atoms with Gasteiger partial charge in [-0.2, -0.15) is 0 Å². The fourth-order valence-corrected chi connectivity index (χ4v) is 2.14. The highest BCUT2D eigenvalue weighted by Gasteiger charge is 2.40. The van der Waals surface area contributed by atoms with Crippen LogP contribution in [0.25, 0.3) is 0 Å². The standard InChI is InChI=1S/C12H22N2O3/c1-4-14(9-5-7-13-8-6-9)10(15)12(2,3)11(16)17/h9,13H,4-8H2,1-3H3,(H,16,17). The van der Waals surface area contributed by atoms with Crippen molar-refractivity contribution in [2.45, 2.75) is 39.7 Å². The van der Waals surface area contributed by atoms with Gasteiger partial charge in [-0.15, -0.1) is 0 Å². The van der Waals surface area contributed by atoms with E-state index >= 15 is 0 Å². The number of hydrogen-bond acceptors (Lipinski definition) is 3. The van der Waals surface area contributed by atoms with Gasteiger partial charge in [-0.05, 0) is 46.7 Å². The summed E-state index contributed by atoms with van der Waals surface area (Å²) in [6.07, 6.45) is 1.80. The molecule has 1 aliphatic rings. The van der Waals surface area contributed by atoms with Crippen LogP contribution in [-0.4, -0.2) is 47.6 Å². The zero-order chi connectivity index (χ0) is 13.1. The van der Waals surface area contributed by atoms with E-state index in [4.69, 9.17) is 5.11 Å². The Morgan fingerprint density at radius 2 is 1.88 bits per heavy atom. The number of amides is 1. The molecule has 0 bridgehead atoms. The van der Waals surface area contributed by atoms with E-state index in [1.54, 1.807) is 4.90 Å². The van der Waals surface area contributed by atoms with Crippen molar-refractivity contribution < 1.29 is 14.7 Å². The third-order valence-electron chi connectivity index (χ3n) is 3.42. The molecule has 0 aromatic carbocycles. The summed E-state index contributed by atoms with van der Waals surface area (Å²) in [4.78, 5) is 25.1. The zero-order valence-electron chi connectivity index (χ0n) is 10.8. The normalized spacial score (nSPS) is 17.8. The minimum absolute atomic E-state index is 0.173. The number of carbonyl (C=O) groups is 2. The van der Waals surface area contributed by atoms with Crippen LogP contribution < -0.4 is 5.32 Å². The van der Waals surface area contributed by atoms with E-state index in [0.29, 0.717) is 6.54 Å². The van der Waals surface area contributed by atoms with Gasteiger partial charge in [-0.1, -0.05) is 0 Å². The van der Waals surface area contributed by atoms with Crippen molar-refractivity contribution in [2.75, 3.05) is 19.6 Å². The SMILES string of the molecule is CCN(C(=O)C(C)(C)C(=O)O)C1CCNCC1. The maximum atomic E-state index is 12.3. The van der Waals surface area contributed by atoms with Gasteiger partial charge in [0.05, 0.1) is 0 Å². The van der Waals surface area contributed by atoms with Gasteiger partial charge in [0.2, 0.25) is 5.91 Å². The van der Waals surface area contributed by atoms with Crippen LogP contribution in [0.5, 0.6) is 0 Å². The molecule has 98 valence electrons.